The van der Waals surface area contributed by atoms with E-state index in [0.717, 1.165) is 25.7 Å². The fourth-order valence-electron chi connectivity index (χ4n) is 12.9. The molecule has 4 aliphatic carbocycles. The Bertz CT molecular complexity index is 1720. The van der Waals surface area contributed by atoms with Crippen molar-refractivity contribution in [2.24, 2.45) is 46.3 Å². The summed E-state index contributed by atoms with van der Waals surface area (Å²) in [5, 5.41) is 32.7. The summed E-state index contributed by atoms with van der Waals surface area (Å²) in [7, 11) is 1.51. The summed E-state index contributed by atoms with van der Waals surface area (Å²) in [6.45, 7) is 12.9. The van der Waals surface area contributed by atoms with Gasteiger partial charge in [-0.15, -0.1) is 0 Å². The van der Waals surface area contributed by atoms with Gasteiger partial charge in [0, 0.05) is 6.92 Å². The Labute approximate surface area is 354 Å². The summed E-state index contributed by atoms with van der Waals surface area (Å²) >= 11 is 0. The number of ether oxygens (including phenoxy) is 8. The predicted octanol–water partition coefficient (Wildman–Crippen LogP) is 5.75. The maximum Gasteiger partial charge on any atom is 0.338 e. The lowest BCUT2D eigenvalue weighted by atomic mass is 9.47. The molecule has 0 radical (unpaired) electrons. The molecule has 0 aromatic heterocycles. The van der Waals surface area contributed by atoms with Crippen LogP contribution in [-0.2, 0) is 38.0 Å². The monoisotopic (exact) mass is 840 g/mol. The Balaban J connectivity index is 0.939. The lowest BCUT2D eigenvalue weighted by molar-refractivity contribution is -0.339. The standard InChI is InChI=1S/C47H68O13/c1-24(2)8-15-36-25(3)38-37(58-36)21-33-31-14-11-28-20-30(16-18-46(28,5)32(31)17-19-47(33,38)6)57-45-42(56-26(4)48)40(35(50)23-55-45)60-44-41(39(51)34(49)22-54-44)59-43(52)27-9-12-29(53-7)13-10-27/h9-13,24-25,30-42,44-45,49-51H,8,14-23H2,1-7H3/t25-,30+,31-,32+,33+,34-,35+,36?,37+,38+,39+,40+,41-,42-,44+,45+,46+,47+/m1/s1. The van der Waals surface area contributed by atoms with Gasteiger partial charge in [0.2, 0.25) is 0 Å². The number of aliphatic hydroxyl groups is 3. The van der Waals surface area contributed by atoms with Gasteiger partial charge in [-0.2, -0.15) is 0 Å². The first-order chi connectivity index (χ1) is 28.6. The van der Waals surface area contributed by atoms with Crippen LogP contribution < -0.4 is 4.74 Å². The van der Waals surface area contributed by atoms with E-state index in [-0.39, 0.29) is 30.3 Å². The molecule has 8 rings (SSSR count). The first-order valence-electron chi connectivity index (χ1n) is 22.6. The second-order valence-corrected chi connectivity index (χ2v) is 19.9. The number of aliphatic hydroxyl groups excluding tert-OH is 3. The van der Waals surface area contributed by atoms with E-state index in [9.17, 15) is 24.9 Å². The quantitative estimate of drug-likeness (QED) is 0.182. The van der Waals surface area contributed by atoms with Gasteiger partial charge in [0.05, 0.1) is 44.2 Å². The SMILES string of the molecule is COc1ccc(C(=O)O[C@H]2[C@H](O[C@@H]3[C@@H](OC(C)=O)[C@H](O[C@H]4CC[C@@]5(C)C(=CC[C@H]6[C@@H]7C[C@@H]8OC(CCC(C)C)[C@@H](C)[C@@H]8[C@@]7(C)CC[C@@H]65)C4)OC[C@@H]3O)OC[C@@H](O)[C@@H]2O)cc1. The molecule has 3 N–H and O–H groups in total. The van der Waals surface area contributed by atoms with Crippen LogP contribution in [0.25, 0.3) is 0 Å². The second kappa shape index (κ2) is 17.5. The Morgan fingerprint density at radius 2 is 1.62 bits per heavy atom. The zero-order chi connectivity index (χ0) is 42.7. The fourth-order valence-corrected chi connectivity index (χ4v) is 12.9. The fraction of sp³-hybridized carbons (Fsp3) is 0.787. The molecular formula is C47H68O13. The lowest BCUT2D eigenvalue weighted by Crippen LogP contribution is -2.62. The second-order valence-electron chi connectivity index (χ2n) is 19.9. The van der Waals surface area contributed by atoms with Gasteiger partial charge in [-0.25, -0.2) is 4.79 Å². The van der Waals surface area contributed by atoms with Crippen LogP contribution in [0.4, 0.5) is 0 Å². The third kappa shape index (κ3) is 8.19. The zero-order valence-corrected chi connectivity index (χ0v) is 36.4. The Kier molecular flexibility index (Phi) is 12.8. The van der Waals surface area contributed by atoms with Gasteiger partial charge in [-0.05, 0) is 128 Å². The Morgan fingerprint density at radius 1 is 0.900 bits per heavy atom. The topological polar surface area (TPSA) is 169 Å². The number of allylic oxidation sites excluding steroid dienone is 1. The normalized spacial score (nSPS) is 44.8. The minimum Gasteiger partial charge on any atom is -0.497 e. The van der Waals surface area contributed by atoms with Crippen molar-refractivity contribution in [1.82, 2.24) is 0 Å². The Hall–Kier alpha value is -2.62. The number of benzene rings is 1. The van der Waals surface area contributed by atoms with Crippen LogP contribution in [0.5, 0.6) is 5.75 Å². The van der Waals surface area contributed by atoms with E-state index in [2.05, 4.69) is 40.7 Å². The Morgan fingerprint density at radius 3 is 2.32 bits per heavy atom. The summed E-state index contributed by atoms with van der Waals surface area (Å²) in [4.78, 5) is 25.7. The minimum atomic E-state index is -1.57. The number of methoxy groups -OCH3 is 1. The van der Waals surface area contributed by atoms with E-state index in [1.807, 2.05) is 0 Å². The summed E-state index contributed by atoms with van der Waals surface area (Å²) in [6.07, 6.45) is 1.94. The molecule has 334 valence electrons. The molecular weight excluding hydrogens is 773 g/mol. The molecule has 0 amide bonds. The van der Waals surface area contributed by atoms with E-state index >= 15 is 0 Å². The van der Waals surface area contributed by atoms with Crippen molar-refractivity contribution >= 4 is 11.9 Å². The third-order valence-electron chi connectivity index (χ3n) is 16.0. The third-order valence-corrected chi connectivity index (χ3v) is 16.0. The number of fused-ring (bicyclic) bond motifs is 7. The van der Waals surface area contributed by atoms with Gasteiger partial charge >= 0.3 is 11.9 Å². The highest BCUT2D eigenvalue weighted by atomic mass is 16.7. The largest absolute Gasteiger partial charge is 0.497 e. The maximum atomic E-state index is 13.2. The van der Waals surface area contributed by atoms with Crippen molar-refractivity contribution in [3.8, 4) is 5.75 Å². The van der Waals surface area contributed by atoms with E-state index < -0.39 is 61.1 Å². The van der Waals surface area contributed by atoms with E-state index in [1.165, 1.54) is 63.8 Å². The molecule has 0 spiro atoms. The molecule has 60 heavy (non-hydrogen) atoms. The molecule has 3 saturated heterocycles. The van der Waals surface area contributed by atoms with Gasteiger partial charge < -0.3 is 53.2 Å². The predicted molar refractivity (Wildman–Crippen MR) is 217 cm³/mol. The highest BCUT2D eigenvalue weighted by Gasteiger charge is 2.65. The van der Waals surface area contributed by atoms with Gasteiger partial charge in [0.15, 0.2) is 24.8 Å². The van der Waals surface area contributed by atoms with Crippen molar-refractivity contribution in [1.29, 1.82) is 0 Å². The lowest BCUT2D eigenvalue weighted by Gasteiger charge is -2.58. The molecule has 7 aliphatic rings. The molecule has 1 aromatic rings. The summed E-state index contributed by atoms with van der Waals surface area (Å²) < 4.78 is 48.2. The highest BCUT2D eigenvalue weighted by Crippen LogP contribution is 2.69. The van der Waals surface area contributed by atoms with E-state index in [1.54, 1.807) is 12.1 Å². The van der Waals surface area contributed by atoms with Gasteiger partial charge in [0.25, 0.3) is 0 Å². The van der Waals surface area contributed by atoms with Crippen molar-refractivity contribution in [2.75, 3.05) is 20.3 Å². The van der Waals surface area contributed by atoms with Crippen LogP contribution in [0.15, 0.2) is 35.9 Å². The smallest absolute Gasteiger partial charge is 0.338 e. The van der Waals surface area contributed by atoms with Crippen molar-refractivity contribution in [3.63, 3.8) is 0 Å². The molecule has 1 unspecified atom stereocenters. The number of hydrogen-bond acceptors (Lipinski definition) is 13. The molecule has 13 heteroatoms. The molecule has 18 atom stereocenters. The number of carbonyl (C=O) groups is 2. The first-order valence-corrected chi connectivity index (χ1v) is 22.6. The molecule has 13 nitrogen and oxygen atoms in total. The van der Waals surface area contributed by atoms with Crippen LogP contribution in [0.1, 0.15) is 110 Å². The summed E-state index contributed by atoms with van der Waals surface area (Å²) in [6, 6.07) is 6.19. The van der Waals surface area contributed by atoms with Crippen LogP contribution in [0, 0.1) is 46.3 Å². The van der Waals surface area contributed by atoms with E-state index in [0.29, 0.717) is 58.9 Å². The van der Waals surface area contributed by atoms with Gasteiger partial charge in [-0.3, -0.25) is 4.79 Å². The minimum absolute atomic E-state index is 0.0701. The van der Waals surface area contributed by atoms with Crippen molar-refractivity contribution in [2.45, 2.75) is 167 Å². The summed E-state index contributed by atoms with van der Waals surface area (Å²) in [5.41, 5.74) is 1.98. The molecule has 0 bridgehead atoms. The zero-order valence-electron chi connectivity index (χ0n) is 36.4. The average Bonchev–Trinajstić information content (AvgIpc) is 3.70. The van der Waals surface area contributed by atoms with Crippen LogP contribution in [0.2, 0.25) is 0 Å². The molecule has 3 heterocycles. The van der Waals surface area contributed by atoms with E-state index in [4.69, 9.17) is 37.9 Å². The number of esters is 2. The van der Waals surface area contributed by atoms with Crippen LogP contribution in [0.3, 0.4) is 0 Å². The van der Waals surface area contributed by atoms with Crippen molar-refractivity contribution in [3.05, 3.63) is 41.5 Å². The van der Waals surface area contributed by atoms with Gasteiger partial charge in [-0.1, -0.05) is 46.3 Å². The first kappa shape index (κ1) is 44.0. The molecule has 6 fully saturated rings. The highest BCUT2D eigenvalue weighted by molar-refractivity contribution is 5.89. The molecule has 3 saturated carbocycles. The van der Waals surface area contributed by atoms with Crippen LogP contribution >= 0.6 is 0 Å². The van der Waals surface area contributed by atoms with Crippen LogP contribution in [-0.4, -0.2) is 115 Å². The maximum absolute atomic E-state index is 13.2. The van der Waals surface area contributed by atoms with Gasteiger partial charge in [0.1, 0.15) is 30.2 Å². The molecule has 1 aromatic carbocycles. The number of rotatable bonds is 11. The summed E-state index contributed by atoms with van der Waals surface area (Å²) in [5.74, 6) is 2.94. The molecule has 3 aliphatic heterocycles. The number of carbonyl (C=O) groups excluding carboxylic acids is 2. The average molecular weight is 841 g/mol. The number of hydrogen-bond donors (Lipinski definition) is 3. The van der Waals surface area contributed by atoms with Crippen molar-refractivity contribution < 1.29 is 62.8 Å².